The molecule has 0 amide bonds. The predicted molar refractivity (Wildman–Crippen MR) is 71.5 cm³/mol. The van der Waals surface area contributed by atoms with Crippen LogP contribution < -0.4 is 0 Å². The summed E-state index contributed by atoms with van der Waals surface area (Å²) >= 11 is 0. The molecule has 2 atom stereocenters. The van der Waals surface area contributed by atoms with Crippen LogP contribution in [0.1, 0.15) is 37.3 Å². The summed E-state index contributed by atoms with van der Waals surface area (Å²) in [5, 5.41) is 9.33. The van der Waals surface area contributed by atoms with Gasteiger partial charge in [-0.1, -0.05) is 24.3 Å². The molecule has 0 spiro atoms. The number of carboxylic acid groups (broad SMARTS) is 1. The largest absolute Gasteiger partial charge is 0.480 e. The highest BCUT2D eigenvalue weighted by molar-refractivity contribution is 5.73. The molecule has 0 aromatic heterocycles. The maximum atomic E-state index is 11.3. The fourth-order valence-electron chi connectivity index (χ4n) is 2.76. The van der Waals surface area contributed by atoms with E-state index in [4.69, 9.17) is 0 Å². The Kier molecular flexibility index (Phi) is 4.02. The van der Waals surface area contributed by atoms with Gasteiger partial charge in [0.1, 0.15) is 6.04 Å². The standard InChI is InChI=1S/C15H21NO2/c1-11-6-3-4-8-13(11)10-16-12(2)7-5-9-14(16)15(17)18/h3-4,6,8,12,14H,5,7,9-10H2,1-2H3,(H,17,18)/t12-,14-/m1/s1. The van der Waals surface area contributed by atoms with Crippen molar-refractivity contribution in [1.29, 1.82) is 0 Å². The van der Waals surface area contributed by atoms with E-state index in [9.17, 15) is 9.90 Å². The third kappa shape index (κ3) is 2.72. The van der Waals surface area contributed by atoms with E-state index in [2.05, 4.69) is 30.9 Å². The smallest absolute Gasteiger partial charge is 0.320 e. The van der Waals surface area contributed by atoms with Crippen LogP contribution in [0.5, 0.6) is 0 Å². The molecule has 0 saturated carbocycles. The Labute approximate surface area is 108 Å². The molecule has 18 heavy (non-hydrogen) atoms. The molecular formula is C15H21NO2. The first-order valence-electron chi connectivity index (χ1n) is 6.62. The highest BCUT2D eigenvalue weighted by Crippen LogP contribution is 2.25. The third-order valence-corrected chi connectivity index (χ3v) is 3.97. The Morgan fingerprint density at radius 2 is 2.11 bits per heavy atom. The van der Waals surface area contributed by atoms with Crippen molar-refractivity contribution < 1.29 is 9.90 Å². The number of hydrogen-bond acceptors (Lipinski definition) is 2. The molecule has 2 rings (SSSR count). The number of rotatable bonds is 3. The number of likely N-dealkylation sites (tertiary alicyclic amines) is 1. The SMILES string of the molecule is Cc1ccccc1CN1[C@H](C)CCC[C@@H]1C(=O)O. The summed E-state index contributed by atoms with van der Waals surface area (Å²) in [4.78, 5) is 13.5. The lowest BCUT2D eigenvalue weighted by Crippen LogP contribution is -2.48. The summed E-state index contributed by atoms with van der Waals surface area (Å²) in [5.74, 6) is -0.685. The molecule has 0 aliphatic carbocycles. The lowest BCUT2D eigenvalue weighted by Gasteiger charge is -2.38. The van der Waals surface area contributed by atoms with E-state index in [0.29, 0.717) is 6.04 Å². The average molecular weight is 247 g/mol. The van der Waals surface area contributed by atoms with Gasteiger partial charge in [-0.15, -0.1) is 0 Å². The summed E-state index contributed by atoms with van der Waals surface area (Å²) in [5.41, 5.74) is 2.47. The molecule has 1 aliphatic heterocycles. The van der Waals surface area contributed by atoms with E-state index in [1.807, 2.05) is 12.1 Å². The van der Waals surface area contributed by atoms with Gasteiger partial charge in [-0.05, 0) is 44.2 Å². The summed E-state index contributed by atoms with van der Waals surface area (Å²) < 4.78 is 0. The Bertz CT molecular complexity index is 430. The van der Waals surface area contributed by atoms with Gasteiger partial charge in [0.25, 0.3) is 0 Å². The molecule has 0 bridgehead atoms. The number of carboxylic acids is 1. The topological polar surface area (TPSA) is 40.5 Å². The van der Waals surface area contributed by atoms with Gasteiger partial charge in [-0.2, -0.15) is 0 Å². The highest BCUT2D eigenvalue weighted by atomic mass is 16.4. The molecule has 1 aliphatic rings. The Morgan fingerprint density at radius 3 is 2.78 bits per heavy atom. The van der Waals surface area contributed by atoms with E-state index in [1.54, 1.807) is 0 Å². The number of benzene rings is 1. The molecule has 1 saturated heterocycles. The normalized spacial score (nSPS) is 25.0. The third-order valence-electron chi connectivity index (χ3n) is 3.97. The number of hydrogen-bond donors (Lipinski definition) is 1. The second-order valence-electron chi connectivity index (χ2n) is 5.23. The van der Waals surface area contributed by atoms with E-state index < -0.39 is 5.97 Å². The maximum absolute atomic E-state index is 11.3. The van der Waals surface area contributed by atoms with Gasteiger partial charge in [0.15, 0.2) is 0 Å². The van der Waals surface area contributed by atoms with Crippen LogP contribution in [0.3, 0.4) is 0 Å². The van der Waals surface area contributed by atoms with Crippen molar-refractivity contribution in [3.05, 3.63) is 35.4 Å². The second-order valence-corrected chi connectivity index (χ2v) is 5.23. The van der Waals surface area contributed by atoms with Crippen LogP contribution in [0.4, 0.5) is 0 Å². The van der Waals surface area contributed by atoms with E-state index in [0.717, 1.165) is 25.8 Å². The quantitative estimate of drug-likeness (QED) is 0.893. The molecule has 98 valence electrons. The number of carbonyl (C=O) groups is 1. The van der Waals surface area contributed by atoms with Gasteiger partial charge in [-0.3, -0.25) is 9.69 Å². The molecule has 1 heterocycles. The number of aliphatic carboxylic acids is 1. The molecule has 1 fully saturated rings. The zero-order chi connectivity index (χ0) is 13.1. The van der Waals surface area contributed by atoms with Crippen LogP contribution in [-0.4, -0.2) is 28.1 Å². The minimum Gasteiger partial charge on any atom is -0.480 e. The number of nitrogens with zero attached hydrogens (tertiary/aromatic N) is 1. The van der Waals surface area contributed by atoms with Crippen molar-refractivity contribution >= 4 is 5.97 Å². The first kappa shape index (κ1) is 13.1. The van der Waals surface area contributed by atoms with Gasteiger partial charge < -0.3 is 5.11 Å². The van der Waals surface area contributed by atoms with Crippen molar-refractivity contribution in [2.75, 3.05) is 0 Å². The molecular weight excluding hydrogens is 226 g/mol. The molecule has 1 aromatic rings. The molecule has 1 N–H and O–H groups in total. The summed E-state index contributed by atoms with van der Waals surface area (Å²) in [6.45, 7) is 4.96. The van der Waals surface area contributed by atoms with Gasteiger partial charge >= 0.3 is 5.97 Å². The van der Waals surface area contributed by atoms with Crippen LogP contribution >= 0.6 is 0 Å². The average Bonchev–Trinajstić information content (AvgIpc) is 2.34. The first-order valence-corrected chi connectivity index (χ1v) is 6.62. The van der Waals surface area contributed by atoms with Gasteiger partial charge in [0.05, 0.1) is 0 Å². The molecule has 3 heteroatoms. The van der Waals surface area contributed by atoms with Crippen molar-refractivity contribution in [1.82, 2.24) is 4.90 Å². The van der Waals surface area contributed by atoms with Crippen molar-refractivity contribution in [2.45, 2.75) is 51.7 Å². The first-order chi connectivity index (χ1) is 8.59. The summed E-state index contributed by atoms with van der Waals surface area (Å²) in [6.07, 6.45) is 2.88. The summed E-state index contributed by atoms with van der Waals surface area (Å²) in [6, 6.07) is 8.24. The van der Waals surface area contributed by atoms with Crippen molar-refractivity contribution in [3.8, 4) is 0 Å². The highest BCUT2D eigenvalue weighted by Gasteiger charge is 2.32. The van der Waals surface area contributed by atoms with Crippen molar-refractivity contribution in [3.63, 3.8) is 0 Å². The van der Waals surface area contributed by atoms with Crippen LogP contribution in [-0.2, 0) is 11.3 Å². The monoisotopic (exact) mass is 247 g/mol. The lowest BCUT2D eigenvalue weighted by atomic mass is 9.95. The van der Waals surface area contributed by atoms with E-state index in [-0.39, 0.29) is 6.04 Å². The van der Waals surface area contributed by atoms with Gasteiger partial charge in [0.2, 0.25) is 0 Å². The predicted octanol–water partition coefficient (Wildman–Crippen LogP) is 2.82. The molecule has 3 nitrogen and oxygen atoms in total. The fraction of sp³-hybridized carbons (Fsp3) is 0.533. The van der Waals surface area contributed by atoms with Crippen molar-refractivity contribution in [2.24, 2.45) is 0 Å². The van der Waals surface area contributed by atoms with Gasteiger partial charge in [-0.25, -0.2) is 0 Å². The van der Waals surface area contributed by atoms with Crippen LogP contribution in [0.25, 0.3) is 0 Å². The van der Waals surface area contributed by atoms with Crippen LogP contribution in [0, 0.1) is 6.92 Å². The zero-order valence-electron chi connectivity index (χ0n) is 11.1. The number of piperidine rings is 1. The van der Waals surface area contributed by atoms with Crippen LogP contribution in [0.15, 0.2) is 24.3 Å². The zero-order valence-corrected chi connectivity index (χ0v) is 11.1. The maximum Gasteiger partial charge on any atom is 0.320 e. The molecule has 1 aromatic carbocycles. The fourth-order valence-corrected chi connectivity index (χ4v) is 2.76. The van der Waals surface area contributed by atoms with E-state index >= 15 is 0 Å². The summed E-state index contributed by atoms with van der Waals surface area (Å²) in [7, 11) is 0. The van der Waals surface area contributed by atoms with E-state index in [1.165, 1.54) is 11.1 Å². The Hall–Kier alpha value is -1.35. The Morgan fingerprint density at radius 1 is 1.39 bits per heavy atom. The molecule has 0 unspecified atom stereocenters. The molecule has 0 radical (unpaired) electrons. The van der Waals surface area contributed by atoms with Crippen LogP contribution in [0.2, 0.25) is 0 Å². The minimum absolute atomic E-state index is 0.326. The Balaban J connectivity index is 2.18. The second kappa shape index (κ2) is 5.53. The lowest BCUT2D eigenvalue weighted by molar-refractivity contribution is -0.146. The minimum atomic E-state index is -0.685. The van der Waals surface area contributed by atoms with Gasteiger partial charge in [0, 0.05) is 12.6 Å². The number of aryl methyl sites for hydroxylation is 1.